The second kappa shape index (κ2) is 7.53. The van der Waals surface area contributed by atoms with E-state index in [9.17, 15) is 4.79 Å². The second-order valence-electron chi connectivity index (χ2n) is 5.83. The zero-order valence-electron chi connectivity index (χ0n) is 14.1. The first-order valence-corrected chi connectivity index (χ1v) is 8.49. The van der Waals surface area contributed by atoms with Crippen LogP contribution in [0.3, 0.4) is 0 Å². The Kier molecular flexibility index (Phi) is 5.19. The normalized spacial score (nSPS) is 12.1. The summed E-state index contributed by atoms with van der Waals surface area (Å²) in [6.07, 6.45) is 2.70. The van der Waals surface area contributed by atoms with Gasteiger partial charge in [-0.2, -0.15) is 4.98 Å². The highest BCUT2D eigenvalue weighted by Crippen LogP contribution is 2.20. The van der Waals surface area contributed by atoms with E-state index in [0.29, 0.717) is 29.0 Å². The number of hydrogen-bond donors (Lipinski definition) is 1. The number of benzene rings is 1. The minimum atomic E-state index is -0.110. The summed E-state index contributed by atoms with van der Waals surface area (Å²) in [6, 6.07) is 10.9. The Balaban J connectivity index is 1.75. The van der Waals surface area contributed by atoms with E-state index in [-0.39, 0.29) is 11.9 Å². The molecule has 0 bridgehead atoms. The van der Waals surface area contributed by atoms with Gasteiger partial charge in [-0.05, 0) is 49.7 Å². The number of hydrogen-bond acceptors (Lipinski definition) is 4. The summed E-state index contributed by atoms with van der Waals surface area (Å²) in [5.41, 5.74) is 1.36. The van der Waals surface area contributed by atoms with Crippen molar-refractivity contribution >= 4 is 17.5 Å². The van der Waals surface area contributed by atoms with E-state index in [0.717, 1.165) is 12.0 Å². The predicted molar refractivity (Wildman–Crippen MR) is 95.5 cm³/mol. The highest BCUT2D eigenvalue weighted by Gasteiger charge is 2.15. The summed E-state index contributed by atoms with van der Waals surface area (Å²) in [7, 11) is 0. The second-order valence-corrected chi connectivity index (χ2v) is 6.26. The number of nitrogens with one attached hydrogen (secondary N) is 1. The van der Waals surface area contributed by atoms with E-state index >= 15 is 0 Å². The Labute approximate surface area is 150 Å². The first-order valence-electron chi connectivity index (χ1n) is 8.11. The molecule has 3 rings (SSSR count). The van der Waals surface area contributed by atoms with E-state index in [2.05, 4.69) is 15.5 Å². The molecule has 0 aliphatic rings. The van der Waals surface area contributed by atoms with E-state index in [4.69, 9.17) is 16.1 Å². The van der Waals surface area contributed by atoms with E-state index in [1.807, 2.05) is 38.2 Å². The number of halogens is 1. The summed E-state index contributed by atoms with van der Waals surface area (Å²) in [5, 5.41) is 7.60. The molecule has 7 heteroatoms. The predicted octanol–water partition coefficient (Wildman–Crippen LogP) is 3.77. The van der Waals surface area contributed by atoms with Crippen molar-refractivity contribution < 1.29 is 9.32 Å². The molecule has 0 aliphatic heterocycles. The molecule has 0 aliphatic carbocycles. The third kappa shape index (κ3) is 4.09. The van der Waals surface area contributed by atoms with Crippen LogP contribution in [-0.2, 0) is 6.54 Å². The highest BCUT2D eigenvalue weighted by molar-refractivity contribution is 6.30. The first kappa shape index (κ1) is 17.2. The van der Waals surface area contributed by atoms with Crippen LogP contribution in [0.25, 0.3) is 11.5 Å². The van der Waals surface area contributed by atoms with Crippen LogP contribution in [0.5, 0.6) is 0 Å². The van der Waals surface area contributed by atoms with Gasteiger partial charge in [0.1, 0.15) is 5.69 Å². The minimum Gasteiger partial charge on any atom is -0.348 e. The molecule has 3 aromatic rings. The fourth-order valence-electron chi connectivity index (χ4n) is 2.34. The van der Waals surface area contributed by atoms with Crippen LogP contribution in [0.15, 0.2) is 47.1 Å². The topological polar surface area (TPSA) is 73.0 Å². The van der Waals surface area contributed by atoms with Gasteiger partial charge in [0.2, 0.25) is 0 Å². The quantitative estimate of drug-likeness (QED) is 0.728. The van der Waals surface area contributed by atoms with Gasteiger partial charge in [-0.25, -0.2) is 0 Å². The minimum absolute atomic E-state index is 0.110. The largest absolute Gasteiger partial charge is 0.348 e. The van der Waals surface area contributed by atoms with Gasteiger partial charge in [-0.1, -0.05) is 23.7 Å². The molecule has 0 radical (unpaired) electrons. The molecule has 0 fully saturated rings. The maximum Gasteiger partial charge on any atom is 0.268 e. The molecular weight excluding hydrogens is 340 g/mol. The molecule has 1 atom stereocenters. The van der Waals surface area contributed by atoms with Crippen LogP contribution < -0.4 is 5.32 Å². The van der Waals surface area contributed by atoms with E-state index in [1.165, 1.54) is 0 Å². The maximum atomic E-state index is 12.3. The number of carbonyl (C=O) groups excluding carboxylic acids is 1. The molecule has 1 aromatic carbocycles. The van der Waals surface area contributed by atoms with Crippen molar-refractivity contribution in [3.05, 3.63) is 59.1 Å². The fraction of sp³-hybridized carbons (Fsp3) is 0.278. The van der Waals surface area contributed by atoms with Crippen molar-refractivity contribution in [2.24, 2.45) is 0 Å². The van der Waals surface area contributed by atoms with Crippen LogP contribution in [-0.4, -0.2) is 26.7 Å². The van der Waals surface area contributed by atoms with Crippen molar-refractivity contribution in [2.75, 3.05) is 0 Å². The molecular formula is C18H19ClN4O2. The fourth-order valence-corrected chi connectivity index (χ4v) is 2.46. The summed E-state index contributed by atoms with van der Waals surface area (Å²) >= 11 is 5.88. The van der Waals surface area contributed by atoms with Gasteiger partial charge >= 0.3 is 0 Å². The average Bonchev–Trinajstić information content (AvgIpc) is 3.25. The summed E-state index contributed by atoms with van der Waals surface area (Å²) in [6.45, 7) is 4.36. The Morgan fingerprint density at radius 2 is 2.08 bits per heavy atom. The SMILES string of the molecule is CCC(C)NC(=O)c1cccn1Cc1noc(-c2ccc(Cl)cc2)n1. The Hall–Kier alpha value is -2.60. The molecule has 1 unspecified atom stereocenters. The molecule has 6 nitrogen and oxygen atoms in total. The standard InChI is InChI=1S/C18H19ClN4O2/c1-3-12(2)20-17(24)15-5-4-10-23(15)11-16-21-18(25-22-16)13-6-8-14(19)9-7-13/h4-10,12H,3,11H2,1-2H3,(H,20,24). The van der Waals surface area contributed by atoms with E-state index < -0.39 is 0 Å². The van der Waals surface area contributed by atoms with Crippen molar-refractivity contribution in [3.8, 4) is 11.5 Å². The van der Waals surface area contributed by atoms with Crippen LogP contribution in [0.4, 0.5) is 0 Å². The molecule has 25 heavy (non-hydrogen) atoms. The lowest BCUT2D eigenvalue weighted by molar-refractivity contribution is 0.0930. The molecule has 130 valence electrons. The number of rotatable bonds is 6. The van der Waals surface area contributed by atoms with Crippen LogP contribution in [0.1, 0.15) is 36.6 Å². The summed E-state index contributed by atoms with van der Waals surface area (Å²) in [5.74, 6) is 0.809. The van der Waals surface area contributed by atoms with Crippen LogP contribution in [0, 0.1) is 0 Å². The third-order valence-electron chi connectivity index (χ3n) is 3.92. The summed E-state index contributed by atoms with van der Waals surface area (Å²) in [4.78, 5) is 16.7. The molecule has 1 N–H and O–H groups in total. The van der Waals surface area contributed by atoms with E-state index in [1.54, 1.807) is 22.8 Å². The van der Waals surface area contributed by atoms with Gasteiger partial charge < -0.3 is 14.4 Å². The van der Waals surface area contributed by atoms with Crippen molar-refractivity contribution in [1.29, 1.82) is 0 Å². The van der Waals surface area contributed by atoms with Gasteiger partial charge in [0.05, 0.1) is 6.54 Å². The Morgan fingerprint density at radius 1 is 1.32 bits per heavy atom. The smallest absolute Gasteiger partial charge is 0.268 e. The summed E-state index contributed by atoms with van der Waals surface area (Å²) < 4.78 is 7.10. The molecule has 1 amide bonds. The van der Waals surface area contributed by atoms with Gasteiger partial charge in [-0.15, -0.1) is 0 Å². The Bertz CT molecular complexity index is 854. The third-order valence-corrected chi connectivity index (χ3v) is 4.18. The number of amides is 1. The van der Waals surface area contributed by atoms with Crippen molar-refractivity contribution in [2.45, 2.75) is 32.9 Å². The average molecular weight is 359 g/mol. The molecule has 2 aromatic heterocycles. The van der Waals surface area contributed by atoms with Crippen LogP contribution in [0.2, 0.25) is 5.02 Å². The lowest BCUT2D eigenvalue weighted by Gasteiger charge is -2.12. The first-order chi connectivity index (χ1) is 12.1. The van der Waals surface area contributed by atoms with Crippen molar-refractivity contribution in [1.82, 2.24) is 20.0 Å². The van der Waals surface area contributed by atoms with Crippen LogP contribution >= 0.6 is 11.6 Å². The van der Waals surface area contributed by atoms with Crippen molar-refractivity contribution in [3.63, 3.8) is 0 Å². The molecule has 2 heterocycles. The number of nitrogens with zero attached hydrogens (tertiary/aromatic N) is 3. The van der Waals surface area contributed by atoms with Gasteiger partial charge in [0.25, 0.3) is 11.8 Å². The number of carbonyl (C=O) groups is 1. The van der Waals surface area contributed by atoms with Gasteiger partial charge in [0.15, 0.2) is 5.82 Å². The van der Waals surface area contributed by atoms with Gasteiger partial charge in [0, 0.05) is 22.8 Å². The lowest BCUT2D eigenvalue weighted by atomic mass is 10.2. The highest BCUT2D eigenvalue weighted by atomic mass is 35.5. The van der Waals surface area contributed by atoms with Gasteiger partial charge in [-0.3, -0.25) is 4.79 Å². The zero-order chi connectivity index (χ0) is 17.8. The lowest BCUT2D eigenvalue weighted by Crippen LogP contribution is -2.33. The number of aromatic nitrogens is 3. The molecule has 0 saturated heterocycles. The monoisotopic (exact) mass is 358 g/mol. The maximum absolute atomic E-state index is 12.3. The molecule has 0 spiro atoms. The Morgan fingerprint density at radius 3 is 2.80 bits per heavy atom. The zero-order valence-corrected chi connectivity index (χ0v) is 14.8. The molecule has 0 saturated carbocycles.